The van der Waals surface area contributed by atoms with Gasteiger partial charge in [0.05, 0.1) is 0 Å². The molecule has 0 saturated carbocycles. The van der Waals surface area contributed by atoms with Crippen molar-refractivity contribution in [2.45, 2.75) is 33.6 Å². The van der Waals surface area contributed by atoms with E-state index in [9.17, 15) is 0 Å². The van der Waals surface area contributed by atoms with Crippen LogP contribution in [0.2, 0.25) is 0 Å². The Hall–Kier alpha value is -1.24. The lowest BCUT2D eigenvalue weighted by atomic mass is 10.0. The summed E-state index contributed by atoms with van der Waals surface area (Å²) in [6, 6.07) is 8.62. The van der Waals surface area contributed by atoms with Crippen molar-refractivity contribution in [3.63, 3.8) is 0 Å². The molecule has 0 aliphatic rings. The Morgan fingerprint density at radius 2 is 1.87 bits per heavy atom. The molecule has 0 aliphatic carbocycles. The summed E-state index contributed by atoms with van der Waals surface area (Å²) in [5.41, 5.74) is 3.60. The summed E-state index contributed by atoms with van der Waals surface area (Å²) in [5.74, 6) is 0.717. The smallest absolute Gasteiger partial charge is 0.0381 e. The first-order chi connectivity index (χ1) is 7.11. The third-order valence-electron chi connectivity index (χ3n) is 2.35. The average Bonchev–Trinajstić information content (AvgIpc) is 2.20. The largest absolute Gasteiger partial charge is 0.359 e. The van der Waals surface area contributed by atoms with E-state index in [0.717, 1.165) is 30.1 Å². The zero-order chi connectivity index (χ0) is 11.3. The van der Waals surface area contributed by atoms with E-state index in [4.69, 9.17) is 0 Å². The van der Waals surface area contributed by atoms with Crippen molar-refractivity contribution in [1.29, 1.82) is 0 Å². The lowest BCUT2D eigenvalue weighted by molar-refractivity contribution is 0.647. The van der Waals surface area contributed by atoms with Gasteiger partial charge in [-0.15, -0.1) is 0 Å². The zero-order valence-electron chi connectivity index (χ0n) is 10.0. The van der Waals surface area contributed by atoms with Gasteiger partial charge in [-0.1, -0.05) is 39.5 Å². The summed E-state index contributed by atoms with van der Waals surface area (Å²) < 4.78 is 0. The van der Waals surface area contributed by atoms with E-state index < -0.39 is 0 Å². The van der Waals surface area contributed by atoms with E-state index in [0.29, 0.717) is 0 Å². The predicted octanol–water partition coefficient (Wildman–Crippen LogP) is 4.22. The maximum absolute atomic E-state index is 3.93. The molecule has 1 N–H and O–H groups in total. The molecule has 1 nitrogen and oxygen atoms in total. The van der Waals surface area contributed by atoms with Gasteiger partial charge in [-0.25, -0.2) is 0 Å². The molecule has 1 aromatic rings. The molecule has 0 aromatic heterocycles. The standard InChI is InChI=1S/C14H21N/c1-5-12(4)15-14-8-6-13(7-9-14)10-11(2)3/h6-9,11,15H,4-5,10H2,1-3H3. The molecule has 1 rings (SSSR count). The Balaban J connectivity index is 2.60. The second-order valence-electron chi connectivity index (χ2n) is 4.38. The molecule has 0 fully saturated rings. The van der Waals surface area contributed by atoms with Crippen LogP contribution in [0.4, 0.5) is 5.69 Å². The van der Waals surface area contributed by atoms with Crippen molar-refractivity contribution in [2.24, 2.45) is 5.92 Å². The van der Waals surface area contributed by atoms with Crippen LogP contribution >= 0.6 is 0 Å². The minimum absolute atomic E-state index is 0.717. The van der Waals surface area contributed by atoms with Gasteiger partial charge in [-0.2, -0.15) is 0 Å². The van der Waals surface area contributed by atoms with Gasteiger partial charge in [0, 0.05) is 11.4 Å². The molecule has 0 saturated heterocycles. The van der Waals surface area contributed by atoms with E-state index in [1.807, 2.05) is 0 Å². The lowest BCUT2D eigenvalue weighted by Gasteiger charge is -2.09. The molecule has 0 unspecified atom stereocenters. The van der Waals surface area contributed by atoms with E-state index in [1.165, 1.54) is 5.56 Å². The number of rotatable bonds is 5. The Labute approximate surface area is 93.2 Å². The summed E-state index contributed by atoms with van der Waals surface area (Å²) in [6.07, 6.45) is 2.11. The second-order valence-corrected chi connectivity index (χ2v) is 4.38. The molecule has 15 heavy (non-hydrogen) atoms. The molecule has 0 heterocycles. The third-order valence-corrected chi connectivity index (χ3v) is 2.35. The molecule has 0 aliphatic heterocycles. The van der Waals surface area contributed by atoms with Gasteiger partial charge in [0.2, 0.25) is 0 Å². The number of allylic oxidation sites excluding steroid dienone is 1. The molecule has 0 spiro atoms. The quantitative estimate of drug-likeness (QED) is 0.755. The van der Waals surface area contributed by atoms with E-state index >= 15 is 0 Å². The van der Waals surface area contributed by atoms with Crippen molar-refractivity contribution < 1.29 is 0 Å². The Kier molecular flexibility index (Phi) is 4.41. The van der Waals surface area contributed by atoms with Crippen LogP contribution in [0.15, 0.2) is 36.5 Å². The van der Waals surface area contributed by atoms with Crippen LogP contribution in [0.3, 0.4) is 0 Å². The van der Waals surface area contributed by atoms with Gasteiger partial charge < -0.3 is 5.32 Å². The van der Waals surface area contributed by atoms with Gasteiger partial charge in [-0.3, -0.25) is 0 Å². The van der Waals surface area contributed by atoms with E-state index in [2.05, 4.69) is 56.9 Å². The maximum atomic E-state index is 3.93. The van der Waals surface area contributed by atoms with Crippen molar-refractivity contribution in [3.8, 4) is 0 Å². The van der Waals surface area contributed by atoms with Crippen LogP contribution in [0.25, 0.3) is 0 Å². The Morgan fingerprint density at radius 1 is 1.27 bits per heavy atom. The fourth-order valence-corrected chi connectivity index (χ4v) is 1.49. The third kappa shape index (κ3) is 4.20. The van der Waals surface area contributed by atoms with Gasteiger partial charge in [0.25, 0.3) is 0 Å². The topological polar surface area (TPSA) is 12.0 Å². The normalized spacial score (nSPS) is 10.4. The predicted molar refractivity (Wildman–Crippen MR) is 68.0 cm³/mol. The fraction of sp³-hybridized carbons (Fsp3) is 0.429. The molecule has 0 bridgehead atoms. The molecule has 0 radical (unpaired) electrons. The van der Waals surface area contributed by atoms with Crippen molar-refractivity contribution in [2.75, 3.05) is 5.32 Å². The first kappa shape index (κ1) is 11.8. The van der Waals surface area contributed by atoms with Gasteiger partial charge in [0.15, 0.2) is 0 Å². The summed E-state index contributed by atoms with van der Waals surface area (Å²) in [6.45, 7) is 10.5. The fourth-order valence-electron chi connectivity index (χ4n) is 1.49. The minimum atomic E-state index is 0.717. The first-order valence-corrected chi connectivity index (χ1v) is 5.65. The van der Waals surface area contributed by atoms with Crippen LogP contribution in [-0.4, -0.2) is 0 Å². The first-order valence-electron chi connectivity index (χ1n) is 5.65. The Morgan fingerprint density at radius 3 is 2.33 bits per heavy atom. The molecule has 0 amide bonds. The maximum Gasteiger partial charge on any atom is 0.0381 e. The highest BCUT2D eigenvalue weighted by atomic mass is 14.9. The molecule has 1 aromatic carbocycles. The monoisotopic (exact) mass is 203 g/mol. The highest BCUT2D eigenvalue weighted by molar-refractivity contribution is 5.48. The SMILES string of the molecule is C=C(CC)Nc1ccc(CC(C)C)cc1. The van der Waals surface area contributed by atoms with E-state index in [1.54, 1.807) is 0 Å². The number of anilines is 1. The van der Waals surface area contributed by atoms with Crippen molar-refractivity contribution >= 4 is 5.69 Å². The molecular weight excluding hydrogens is 182 g/mol. The van der Waals surface area contributed by atoms with Crippen molar-refractivity contribution in [1.82, 2.24) is 0 Å². The number of hydrogen-bond donors (Lipinski definition) is 1. The van der Waals surface area contributed by atoms with Crippen LogP contribution in [0, 0.1) is 5.92 Å². The molecule has 0 atom stereocenters. The minimum Gasteiger partial charge on any atom is -0.359 e. The summed E-state index contributed by atoms with van der Waals surface area (Å²) in [7, 11) is 0. The highest BCUT2D eigenvalue weighted by Gasteiger charge is 1.98. The van der Waals surface area contributed by atoms with Crippen LogP contribution < -0.4 is 5.32 Å². The molecule has 82 valence electrons. The van der Waals surface area contributed by atoms with Crippen LogP contribution in [0.5, 0.6) is 0 Å². The van der Waals surface area contributed by atoms with Crippen LogP contribution in [-0.2, 0) is 6.42 Å². The average molecular weight is 203 g/mol. The molecular formula is C14H21N. The summed E-state index contributed by atoms with van der Waals surface area (Å²) in [5, 5.41) is 3.28. The highest BCUT2D eigenvalue weighted by Crippen LogP contribution is 2.14. The number of hydrogen-bond acceptors (Lipinski definition) is 1. The number of benzene rings is 1. The van der Waals surface area contributed by atoms with Gasteiger partial charge in [-0.05, 0) is 36.5 Å². The van der Waals surface area contributed by atoms with Gasteiger partial charge >= 0.3 is 0 Å². The van der Waals surface area contributed by atoms with Crippen molar-refractivity contribution in [3.05, 3.63) is 42.1 Å². The van der Waals surface area contributed by atoms with Crippen LogP contribution in [0.1, 0.15) is 32.8 Å². The van der Waals surface area contributed by atoms with Gasteiger partial charge in [0.1, 0.15) is 0 Å². The zero-order valence-corrected chi connectivity index (χ0v) is 10.0. The van der Waals surface area contributed by atoms with E-state index in [-0.39, 0.29) is 0 Å². The lowest BCUT2D eigenvalue weighted by Crippen LogP contribution is -1.97. The summed E-state index contributed by atoms with van der Waals surface area (Å²) >= 11 is 0. The number of nitrogens with one attached hydrogen (secondary N) is 1. The molecule has 1 heteroatoms. The summed E-state index contributed by atoms with van der Waals surface area (Å²) in [4.78, 5) is 0. The Bertz CT molecular complexity index is 309. The second kappa shape index (κ2) is 5.59.